The molecule has 2 aromatic heterocycles. The number of benzene rings is 3. The highest BCUT2D eigenvalue weighted by molar-refractivity contribution is 7.90. The number of carbonyl (C=O) groups excluding carboxylic acids is 1. The molecule has 0 bridgehead atoms. The van der Waals surface area contributed by atoms with E-state index >= 15 is 0 Å². The number of imidazole rings is 1. The van der Waals surface area contributed by atoms with E-state index in [4.69, 9.17) is 16.3 Å². The zero-order valence-corrected chi connectivity index (χ0v) is 21.1. The Kier molecular flexibility index (Phi) is 6.73. The van der Waals surface area contributed by atoms with Crippen LogP contribution in [0.4, 0.5) is 0 Å². The van der Waals surface area contributed by atoms with E-state index in [1.165, 1.54) is 5.38 Å². The van der Waals surface area contributed by atoms with Crippen LogP contribution in [0.15, 0.2) is 89.3 Å². The van der Waals surface area contributed by atoms with Gasteiger partial charge in [-0.25, -0.2) is 14.7 Å². The van der Waals surface area contributed by atoms with Crippen LogP contribution >= 0.6 is 22.9 Å². The molecule has 0 saturated heterocycles. The molecule has 0 aliphatic heterocycles. The van der Waals surface area contributed by atoms with Crippen molar-refractivity contribution >= 4 is 49.9 Å². The molecule has 36 heavy (non-hydrogen) atoms. The Balaban J connectivity index is 1.34. The Morgan fingerprint density at radius 3 is 2.47 bits per heavy atom. The summed E-state index contributed by atoms with van der Waals surface area (Å²) in [6, 6.07) is 23.4. The molecule has 3 aromatic carbocycles. The van der Waals surface area contributed by atoms with Gasteiger partial charge >= 0.3 is 0 Å². The minimum absolute atomic E-state index is 0.106. The number of thiazole rings is 1. The summed E-state index contributed by atoms with van der Waals surface area (Å²) in [5.41, 5.74) is 2.09. The van der Waals surface area contributed by atoms with Crippen LogP contribution in [0.5, 0.6) is 5.75 Å². The van der Waals surface area contributed by atoms with Gasteiger partial charge in [-0.2, -0.15) is 8.42 Å². The molecular weight excluding hydrogens is 520 g/mol. The topological polar surface area (TPSA) is 103 Å². The van der Waals surface area contributed by atoms with E-state index in [0.29, 0.717) is 32.6 Å². The summed E-state index contributed by atoms with van der Waals surface area (Å²) in [5.74, 6) is 0.426. The van der Waals surface area contributed by atoms with Crippen molar-refractivity contribution in [3.05, 3.63) is 95.1 Å². The van der Waals surface area contributed by atoms with Gasteiger partial charge in [0.15, 0.2) is 5.03 Å². The fraction of sp³-hybridized carbons (Fsp3) is 0.0800. The lowest BCUT2D eigenvalue weighted by Gasteiger charge is -2.11. The van der Waals surface area contributed by atoms with Gasteiger partial charge in [-0.1, -0.05) is 54.1 Å². The number of aromatic nitrogens is 3. The molecule has 0 fully saturated rings. The van der Waals surface area contributed by atoms with Crippen molar-refractivity contribution in [3.8, 4) is 16.3 Å². The number of amides is 1. The first-order valence-corrected chi connectivity index (χ1v) is 13.5. The summed E-state index contributed by atoms with van der Waals surface area (Å²) >= 11 is 7.08. The van der Waals surface area contributed by atoms with E-state index < -0.39 is 15.9 Å². The number of hydrogen-bond donors (Lipinski definition) is 1. The Bertz CT molecular complexity index is 1630. The highest BCUT2D eigenvalue weighted by Gasteiger charge is 2.23. The largest absolute Gasteiger partial charge is 0.486 e. The van der Waals surface area contributed by atoms with E-state index in [-0.39, 0.29) is 18.2 Å². The zero-order valence-electron chi connectivity index (χ0n) is 18.7. The molecule has 0 radical (unpaired) electrons. The zero-order chi connectivity index (χ0) is 25.1. The lowest BCUT2D eigenvalue weighted by Crippen LogP contribution is -2.34. The van der Waals surface area contributed by atoms with Gasteiger partial charge in [0.1, 0.15) is 29.7 Å². The monoisotopic (exact) mass is 538 g/mol. The Morgan fingerprint density at radius 1 is 0.972 bits per heavy atom. The molecule has 5 aromatic rings. The van der Waals surface area contributed by atoms with Crippen molar-refractivity contribution in [3.63, 3.8) is 0 Å². The molecule has 2 heterocycles. The maximum Gasteiger partial charge on any atom is 0.282 e. The van der Waals surface area contributed by atoms with Crippen LogP contribution in [0.1, 0.15) is 5.82 Å². The number of nitrogens with one attached hydrogen (secondary N) is 1. The van der Waals surface area contributed by atoms with Crippen molar-refractivity contribution in [2.24, 2.45) is 0 Å². The van der Waals surface area contributed by atoms with Crippen LogP contribution in [-0.2, 0) is 28.0 Å². The number of nitrogens with zero attached hydrogens (tertiary/aromatic N) is 3. The predicted octanol–water partition coefficient (Wildman–Crippen LogP) is 4.90. The Morgan fingerprint density at radius 2 is 1.69 bits per heavy atom. The number of carbonyl (C=O) groups is 1. The number of hydrogen-bond acceptors (Lipinski definition) is 7. The Labute approximate surface area is 216 Å². The van der Waals surface area contributed by atoms with Gasteiger partial charge < -0.3 is 9.30 Å². The van der Waals surface area contributed by atoms with Gasteiger partial charge in [0.25, 0.3) is 15.9 Å². The van der Waals surface area contributed by atoms with E-state index in [1.807, 2.05) is 54.6 Å². The summed E-state index contributed by atoms with van der Waals surface area (Å²) in [6.07, 6.45) is 0. The fourth-order valence-corrected chi connectivity index (χ4v) is 5.77. The van der Waals surface area contributed by atoms with Crippen LogP contribution in [0.3, 0.4) is 0 Å². The number of sulfonamides is 1. The number of fused-ring (bicyclic) bond motifs is 1. The molecule has 8 nitrogen and oxygen atoms in total. The van der Waals surface area contributed by atoms with E-state index in [0.717, 1.165) is 16.9 Å². The minimum Gasteiger partial charge on any atom is -0.486 e. The molecule has 1 amide bonds. The molecule has 0 unspecified atom stereocenters. The summed E-state index contributed by atoms with van der Waals surface area (Å²) in [4.78, 5) is 21.6. The van der Waals surface area contributed by atoms with Gasteiger partial charge in [0.05, 0.1) is 11.0 Å². The summed E-state index contributed by atoms with van der Waals surface area (Å²) < 4.78 is 35.3. The smallest absolute Gasteiger partial charge is 0.282 e. The quantitative estimate of drug-likeness (QED) is 0.301. The summed E-state index contributed by atoms with van der Waals surface area (Å²) in [6.45, 7) is -0.156. The van der Waals surface area contributed by atoms with Crippen molar-refractivity contribution in [2.75, 3.05) is 0 Å². The third-order valence-electron chi connectivity index (χ3n) is 5.24. The second-order valence-electron chi connectivity index (χ2n) is 7.73. The number of halogens is 1. The van der Waals surface area contributed by atoms with Crippen LogP contribution in [0.25, 0.3) is 21.6 Å². The average Bonchev–Trinajstić information content (AvgIpc) is 3.50. The van der Waals surface area contributed by atoms with Gasteiger partial charge in [-0.3, -0.25) is 4.79 Å². The molecule has 0 spiro atoms. The first kappa shape index (κ1) is 24.0. The second-order valence-corrected chi connectivity index (χ2v) is 10.7. The molecule has 5 rings (SSSR count). The molecule has 11 heteroatoms. The molecular formula is C25H19ClN4O4S2. The van der Waals surface area contributed by atoms with Gasteiger partial charge in [-0.05, 0) is 36.4 Å². The van der Waals surface area contributed by atoms with Crippen molar-refractivity contribution < 1.29 is 17.9 Å². The molecule has 182 valence electrons. The van der Waals surface area contributed by atoms with Gasteiger partial charge in [-0.15, -0.1) is 11.3 Å². The highest BCUT2D eigenvalue weighted by Crippen LogP contribution is 2.27. The fourth-order valence-electron chi connectivity index (χ4n) is 3.56. The van der Waals surface area contributed by atoms with Crippen molar-refractivity contribution in [2.45, 2.75) is 18.2 Å². The lowest BCUT2D eigenvalue weighted by molar-refractivity contribution is -0.119. The van der Waals surface area contributed by atoms with Crippen LogP contribution in [0, 0.1) is 0 Å². The third-order valence-corrected chi connectivity index (χ3v) is 7.79. The minimum atomic E-state index is -4.17. The van der Waals surface area contributed by atoms with Crippen molar-refractivity contribution in [1.82, 2.24) is 19.3 Å². The van der Waals surface area contributed by atoms with E-state index in [1.54, 1.807) is 28.8 Å². The summed E-state index contributed by atoms with van der Waals surface area (Å²) in [7, 11) is -4.17. The van der Waals surface area contributed by atoms with E-state index in [2.05, 4.69) is 14.7 Å². The van der Waals surface area contributed by atoms with Crippen LogP contribution in [0.2, 0.25) is 5.02 Å². The number of ether oxygens (including phenoxy) is 1. The SMILES string of the molecule is O=C(Cn1c(COc2ccccc2)nc2ccccc21)NS(=O)(=O)c1csc(-c2ccc(Cl)cc2)n1. The summed E-state index contributed by atoms with van der Waals surface area (Å²) in [5, 5.41) is 2.23. The maximum atomic E-state index is 12.9. The number of rotatable bonds is 8. The molecule has 0 aliphatic carbocycles. The predicted molar refractivity (Wildman–Crippen MR) is 138 cm³/mol. The molecule has 0 saturated carbocycles. The van der Waals surface area contributed by atoms with Crippen LogP contribution < -0.4 is 9.46 Å². The molecule has 1 N–H and O–H groups in total. The van der Waals surface area contributed by atoms with E-state index in [9.17, 15) is 13.2 Å². The number of para-hydroxylation sites is 3. The van der Waals surface area contributed by atoms with Crippen molar-refractivity contribution in [1.29, 1.82) is 0 Å². The van der Waals surface area contributed by atoms with Gasteiger partial charge in [0, 0.05) is 16.0 Å². The maximum absolute atomic E-state index is 12.9. The van der Waals surface area contributed by atoms with Crippen LogP contribution in [-0.4, -0.2) is 28.9 Å². The van der Waals surface area contributed by atoms with Gasteiger partial charge in [0.2, 0.25) is 0 Å². The molecule has 0 atom stereocenters. The standard InChI is InChI=1S/C25H19ClN4O4S2/c26-18-12-10-17(11-13-18)25-28-24(16-35-25)36(32,33)29-23(31)14-30-21-9-5-4-8-20(21)27-22(30)15-34-19-6-2-1-3-7-19/h1-13,16H,14-15H2,(H,29,31). The Hall–Kier alpha value is -3.73. The first-order chi connectivity index (χ1) is 17.4. The normalized spacial score (nSPS) is 11.5. The second kappa shape index (κ2) is 10.1. The first-order valence-electron chi connectivity index (χ1n) is 10.8. The average molecular weight is 539 g/mol. The highest BCUT2D eigenvalue weighted by atomic mass is 35.5. The third kappa shape index (κ3) is 5.25. The molecule has 0 aliphatic rings. The lowest BCUT2D eigenvalue weighted by atomic mass is 10.2.